The zero-order valence-electron chi connectivity index (χ0n) is 17.2. The standard InChI is InChI=1S/C22H35N3O2/c1-5-7-12-25(17(3)9-6-2)16-19(26)15-24-21-14-20(27-4)13-18-10-8-11-23-22(18)21/h8,10-11,13-14,17,19,24,26H,5-7,9,12,15-16H2,1-4H3. The topological polar surface area (TPSA) is 57.6 Å². The molecule has 1 aromatic heterocycles. The van der Waals surface area contributed by atoms with Crippen LogP contribution in [0.1, 0.15) is 46.5 Å². The molecule has 0 aliphatic heterocycles. The maximum absolute atomic E-state index is 10.6. The summed E-state index contributed by atoms with van der Waals surface area (Å²) < 4.78 is 5.40. The van der Waals surface area contributed by atoms with Crippen molar-refractivity contribution in [3.05, 3.63) is 30.5 Å². The second kappa shape index (κ2) is 11.1. The number of anilines is 1. The predicted molar refractivity (Wildman–Crippen MR) is 114 cm³/mol. The Morgan fingerprint density at radius 2 is 2.07 bits per heavy atom. The van der Waals surface area contributed by atoms with Gasteiger partial charge in [0.2, 0.25) is 0 Å². The molecule has 2 unspecified atom stereocenters. The number of aromatic nitrogens is 1. The number of hydrogen-bond acceptors (Lipinski definition) is 5. The SMILES string of the molecule is CCCCN(CC(O)CNc1cc(OC)cc2cccnc12)C(C)CCC. The van der Waals surface area contributed by atoms with E-state index >= 15 is 0 Å². The van der Waals surface area contributed by atoms with Crippen molar-refractivity contribution in [2.45, 2.75) is 58.6 Å². The van der Waals surface area contributed by atoms with Crippen LogP contribution in [-0.4, -0.2) is 53.9 Å². The summed E-state index contributed by atoms with van der Waals surface area (Å²) in [5, 5.41) is 15.0. The molecule has 0 saturated heterocycles. The number of rotatable bonds is 12. The number of ether oxygens (including phenoxy) is 1. The van der Waals surface area contributed by atoms with Crippen LogP contribution >= 0.6 is 0 Å². The number of nitrogens with one attached hydrogen (secondary N) is 1. The fraction of sp³-hybridized carbons (Fsp3) is 0.591. The molecule has 0 amide bonds. The van der Waals surface area contributed by atoms with E-state index in [1.165, 1.54) is 19.3 Å². The van der Waals surface area contributed by atoms with Crippen LogP contribution in [0.5, 0.6) is 5.75 Å². The van der Waals surface area contributed by atoms with E-state index in [2.05, 4.69) is 36.0 Å². The molecule has 0 saturated carbocycles. The molecule has 5 heteroatoms. The Labute approximate surface area is 163 Å². The maximum atomic E-state index is 10.6. The molecule has 2 atom stereocenters. The van der Waals surface area contributed by atoms with Gasteiger partial charge in [0.15, 0.2) is 0 Å². The van der Waals surface area contributed by atoms with Crippen molar-refractivity contribution in [3.8, 4) is 5.75 Å². The summed E-state index contributed by atoms with van der Waals surface area (Å²) in [4.78, 5) is 6.90. The second-order valence-electron chi connectivity index (χ2n) is 7.27. The molecule has 0 fully saturated rings. The van der Waals surface area contributed by atoms with Gasteiger partial charge in [-0.25, -0.2) is 0 Å². The minimum absolute atomic E-state index is 0.439. The van der Waals surface area contributed by atoms with Gasteiger partial charge < -0.3 is 15.2 Å². The molecule has 0 aliphatic carbocycles. The van der Waals surface area contributed by atoms with Crippen LogP contribution in [0.25, 0.3) is 10.9 Å². The van der Waals surface area contributed by atoms with Crippen LogP contribution in [0.3, 0.4) is 0 Å². The van der Waals surface area contributed by atoms with Crippen molar-refractivity contribution in [2.24, 2.45) is 0 Å². The number of unbranched alkanes of at least 4 members (excludes halogenated alkanes) is 1. The zero-order valence-corrected chi connectivity index (χ0v) is 17.2. The molecular formula is C22H35N3O2. The highest BCUT2D eigenvalue weighted by molar-refractivity contribution is 5.91. The van der Waals surface area contributed by atoms with Crippen molar-refractivity contribution in [1.29, 1.82) is 0 Å². The van der Waals surface area contributed by atoms with Gasteiger partial charge in [0.25, 0.3) is 0 Å². The smallest absolute Gasteiger partial charge is 0.121 e. The highest BCUT2D eigenvalue weighted by atomic mass is 16.5. The van der Waals surface area contributed by atoms with E-state index in [-0.39, 0.29) is 0 Å². The van der Waals surface area contributed by atoms with Gasteiger partial charge in [-0.2, -0.15) is 0 Å². The Morgan fingerprint density at radius 1 is 1.26 bits per heavy atom. The second-order valence-corrected chi connectivity index (χ2v) is 7.27. The molecule has 27 heavy (non-hydrogen) atoms. The van der Waals surface area contributed by atoms with E-state index < -0.39 is 6.10 Å². The number of fused-ring (bicyclic) bond motifs is 1. The average Bonchev–Trinajstić information content (AvgIpc) is 2.69. The summed E-state index contributed by atoms with van der Waals surface area (Å²) in [7, 11) is 1.66. The Morgan fingerprint density at radius 3 is 2.78 bits per heavy atom. The fourth-order valence-corrected chi connectivity index (χ4v) is 3.43. The molecule has 5 nitrogen and oxygen atoms in total. The van der Waals surface area contributed by atoms with Crippen molar-refractivity contribution in [1.82, 2.24) is 9.88 Å². The number of nitrogens with zero attached hydrogens (tertiary/aromatic N) is 2. The quantitative estimate of drug-likeness (QED) is 0.581. The van der Waals surface area contributed by atoms with Gasteiger partial charge in [-0.1, -0.05) is 32.8 Å². The van der Waals surface area contributed by atoms with Crippen LogP contribution in [0.4, 0.5) is 5.69 Å². The molecular weight excluding hydrogens is 338 g/mol. The summed E-state index contributed by atoms with van der Waals surface area (Å²) in [6.45, 7) is 8.90. The van der Waals surface area contributed by atoms with E-state index in [0.717, 1.165) is 35.3 Å². The first-order chi connectivity index (χ1) is 13.1. The normalized spacial score (nSPS) is 13.7. The van der Waals surface area contributed by atoms with Crippen molar-refractivity contribution in [2.75, 3.05) is 32.1 Å². The molecule has 1 heterocycles. The lowest BCUT2D eigenvalue weighted by Gasteiger charge is -2.31. The van der Waals surface area contributed by atoms with Crippen molar-refractivity contribution >= 4 is 16.6 Å². The highest BCUT2D eigenvalue weighted by Crippen LogP contribution is 2.27. The molecule has 1 aromatic carbocycles. The lowest BCUT2D eigenvalue weighted by Crippen LogP contribution is -2.41. The van der Waals surface area contributed by atoms with Gasteiger partial charge in [-0.3, -0.25) is 9.88 Å². The molecule has 2 aromatic rings. The third-order valence-corrected chi connectivity index (χ3v) is 5.02. The third kappa shape index (κ3) is 6.36. The first-order valence-electron chi connectivity index (χ1n) is 10.2. The predicted octanol–water partition coefficient (Wildman–Crippen LogP) is 4.31. The summed E-state index contributed by atoms with van der Waals surface area (Å²) >= 11 is 0. The molecule has 0 radical (unpaired) electrons. The first kappa shape index (κ1) is 21.5. The van der Waals surface area contributed by atoms with E-state index in [9.17, 15) is 5.11 Å². The Bertz CT molecular complexity index is 692. The van der Waals surface area contributed by atoms with Crippen molar-refractivity contribution in [3.63, 3.8) is 0 Å². The van der Waals surface area contributed by atoms with E-state index in [1.807, 2.05) is 24.3 Å². The van der Waals surface area contributed by atoms with E-state index in [4.69, 9.17) is 4.74 Å². The zero-order chi connectivity index (χ0) is 19.6. The first-order valence-corrected chi connectivity index (χ1v) is 10.2. The minimum atomic E-state index is -0.439. The van der Waals surface area contributed by atoms with E-state index in [1.54, 1.807) is 13.3 Å². The van der Waals surface area contributed by atoms with Gasteiger partial charge in [-0.05, 0) is 38.4 Å². The number of hydrogen-bond donors (Lipinski definition) is 2. The van der Waals surface area contributed by atoms with Gasteiger partial charge in [0.1, 0.15) is 5.75 Å². The monoisotopic (exact) mass is 373 g/mol. The minimum Gasteiger partial charge on any atom is -0.497 e. The lowest BCUT2D eigenvalue weighted by molar-refractivity contribution is 0.0946. The molecule has 0 aliphatic rings. The largest absolute Gasteiger partial charge is 0.497 e. The average molecular weight is 374 g/mol. The van der Waals surface area contributed by atoms with Gasteiger partial charge >= 0.3 is 0 Å². The molecule has 2 rings (SSSR count). The van der Waals surface area contributed by atoms with Crippen LogP contribution in [0.2, 0.25) is 0 Å². The van der Waals surface area contributed by atoms with Gasteiger partial charge in [-0.15, -0.1) is 0 Å². The Kier molecular flexibility index (Phi) is 8.82. The number of aliphatic hydroxyl groups is 1. The number of aliphatic hydroxyl groups excluding tert-OH is 1. The van der Waals surface area contributed by atoms with Crippen LogP contribution in [0, 0.1) is 0 Å². The van der Waals surface area contributed by atoms with Crippen LogP contribution in [0.15, 0.2) is 30.5 Å². The highest BCUT2D eigenvalue weighted by Gasteiger charge is 2.17. The number of benzene rings is 1. The summed E-state index contributed by atoms with van der Waals surface area (Å²) in [5.41, 5.74) is 1.79. The summed E-state index contributed by atoms with van der Waals surface area (Å²) in [5.74, 6) is 0.786. The lowest BCUT2D eigenvalue weighted by atomic mass is 10.1. The Balaban J connectivity index is 2.03. The summed E-state index contributed by atoms with van der Waals surface area (Å²) in [6, 6.07) is 8.35. The third-order valence-electron chi connectivity index (χ3n) is 5.02. The van der Waals surface area contributed by atoms with Crippen LogP contribution in [-0.2, 0) is 0 Å². The summed E-state index contributed by atoms with van der Waals surface area (Å²) in [6.07, 6.45) is 6.01. The van der Waals surface area contributed by atoms with Crippen molar-refractivity contribution < 1.29 is 9.84 Å². The van der Waals surface area contributed by atoms with Crippen LogP contribution < -0.4 is 10.1 Å². The molecule has 0 bridgehead atoms. The molecule has 150 valence electrons. The van der Waals surface area contributed by atoms with Gasteiger partial charge in [0.05, 0.1) is 24.4 Å². The Hall–Kier alpha value is -1.85. The number of methoxy groups -OCH3 is 1. The van der Waals surface area contributed by atoms with Gasteiger partial charge in [0, 0.05) is 36.8 Å². The number of pyridine rings is 1. The molecule has 0 spiro atoms. The molecule has 2 N–H and O–H groups in total. The fourth-order valence-electron chi connectivity index (χ4n) is 3.43. The maximum Gasteiger partial charge on any atom is 0.121 e. The van der Waals surface area contributed by atoms with E-state index in [0.29, 0.717) is 19.1 Å².